The second-order valence-corrected chi connectivity index (χ2v) is 4.99. The maximum absolute atomic E-state index is 11.7. The summed E-state index contributed by atoms with van der Waals surface area (Å²) < 4.78 is 6.41. The molecule has 16 heavy (non-hydrogen) atoms. The van der Waals surface area contributed by atoms with Crippen molar-refractivity contribution in [3.8, 4) is 5.75 Å². The molecule has 0 radical (unpaired) electrons. The molecule has 0 saturated carbocycles. The summed E-state index contributed by atoms with van der Waals surface area (Å²) >= 11 is 3.25. The number of rotatable bonds is 3. The van der Waals surface area contributed by atoms with Crippen LogP contribution in [0.25, 0.3) is 0 Å². The minimum absolute atomic E-state index is 0.226. The molecule has 1 aliphatic rings. The van der Waals surface area contributed by atoms with Crippen LogP contribution in [-0.4, -0.2) is 12.4 Å². The van der Waals surface area contributed by atoms with Crippen molar-refractivity contribution in [2.45, 2.75) is 19.3 Å². The molecule has 1 aliphatic carbocycles. The van der Waals surface area contributed by atoms with Crippen LogP contribution in [-0.2, 0) is 6.42 Å². The Morgan fingerprint density at radius 3 is 3.00 bits per heavy atom. The summed E-state index contributed by atoms with van der Waals surface area (Å²) in [7, 11) is 0. The molecule has 0 N–H and O–H groups in total. The molecule has 0 atom stereocenters. The number of benzene rings is 1. The first kappa shape index (κ1) is 11.4. The normalized spacial score (nSPS) is 14.4. The van der Waals surface area contributed by atoms with E-state index in [1.807, 2.05) is 18.2 Å². The van der Waals surface area contributed by atoms with Gasteiger partial charge in [0.1, 0.15) is 12.4 Å². The number of ketones is 1. The predicted molar refractivity (Wildman–Crippen MR) is 67.3 cm³/mol. The summed E-state index contributed by atoms with van der Waals surface area (Å²) in [6.07, 6.45) is 2.50. The lowest BCUT2D eigenvalue weighted by molar-refractivity contribution is 0.0971. The highest BCUT2D eigenvalue weighted by Gasteiger charge is 2.20. The van der Waals surface area contributed by atoms with Crippen LogP contribution in [0.5, 0.6) is 5.75 Å². The fourth-order valence-corrected chi connectivity index (χ4v) is 2.05. The maximum Gasteiger partial charge on any atom is 0.163 e. The average Bonchev–Trinajstić information content (AvgIpc) is 2.27. The Hall–Kier alpha value is -1.09. The highest BCUT2D eigenvalue weighted by Crippen LogP contribution is 2.29. The second-order valence-electron chi connectivity index (χ2n) is 3.86. The molecule has 0 fully saturated rings. The van der Waals surface area contributed by atoms with Crippen LogP contribution >= 0.6 is 15.9 Å². The van der Waals surface area contributed by atoms with Gasteiger partial charge >= 0.3 is 0 Å². The Balaban J connectivity index is 2.29. The Morgan fingerprint density at radius 2 is 2.25 bits per heavy atom. The van der Waals surface area contributed by atoms with Gasteiger partial charge in [-0.15, -0.1) is 0 Å². The van der Waals surface area contributed by atoms with E-state index in [9.17, 15) is 4.79 Å². The zero-order chi connectivity index (χ0) is 11.5. The summed E-state index contributed by atoms with van der Waals surface area (Å²) in [5, 5.41) is 0. The lowest BCUT2D eigenvalue weighted by Crippen LogP contribution is -2.12. The van der Waals surface area contributed by atoms with Crippen molar-refractivity contribution in [1.82, 2.24) is 0 Å². The van der Waals surface area contributed by atoms with E-state index in [4.69, 9.17) is 4.74 Å². The minimum atomic E-state index is 0.226. The van der Waals surface area contributed by atoms with Crippen molar-refractivity contribution in [1.29, 1.82) is 0 Å². The van der Waals surface area contributed by atoms with Crippen molar-refractivity contribution >= 4 is 21.7 Å². The summed E-state index contributed by atoms with van der Waals surface area (Å²) in [6.45, 7) is 4.16. The van der Waals surface area contributed by atoms with Gasteiger partial charge in [-0.2, -0.15) is 0 Å². The zero-order valence-electron chi connectivity index (χ0n) is 8.96. The quantitative estimate of drug-likeness (QED) is 0.847. The number of Topliss-reactive ketones (excluding diaryl/α,β-unsaturated/α-hetero) is 1. The SMILES string of the molecule is C=C(Br)COc1cccc2c1CCCC2=O. The van der Waals surface area contributed by atoms with Crippen molar-refractivity contribution in [3.63, 3.8) is 0 Å². The van der Waals surface area contributed by atoms with Gasteiger partial charge in [0.15, 0.2) is 5.78 Å². The van der Waals surface area contributed by atoms with Gasteiger partial charge in [-0.25, -0.2) is 0 Å². The number of carbonyl (C=O) groups excluding carboxylic acids is 1. The Bertz CT molecular complexity index is 438. The molecule has 0 unspecified atom stereocenters. The summed E-state index contributed by atoms with van der Waals surface area (Å²) in [5.41, 5.74) is 1.87. The summed E-state index contributed by atoms with van der Waals surface area (Å²) in [6, 6.07) is 5.66. The molecular formula is C13H13BrO2. The Kier molecular flexibility index (Phi) is 3.44. The average molecular weight is 281 g/mol. The van der Waals surface area contributed by atoms with Crippen molar-refractivity contribution in [3.05, 3.63) is 40.4 Å². The third-order valence-corrected chi connectivity index (χ3v) is 2.88. The molecule has 1 aromatic carbocycles. The van der Waals surface area contributed by atoms with Crippen LogP contribution in [0.15, 0.2) is 29.3 Å². The van der Waals surface area contributed by atoms with Gasteiger partial charge < -0.3 is 4.74 Å². The molecule has 2 nitrogen and oxygen atoms in total. The molecule has 0 saturated heterocycles. The Morgan fingerprint density at radius 1 is 1.44 bits per heavy atom. The Labute approximate surface area is 103 Å². The van der Waals surface area contributed by atoms with E-state index in [0.29, 0.717) is 13.0 Å². The molecule has 0 heterocycles. The van der Waals surface area contributed by atoms with Gasteiger partial charge in [0.2, 0.25) is 0 Å². The first-order chi connectivity index (χ1) is 7.68. The van der Waals surface area contributed by atoms with E-state index < -0.39 is 0 Å². The van der Waals surface area contributed by atoms with Crippen molar-refractivity contribution in [2.24, 2.45) is 0 Å². The van der Waals surface area contributed by atoms with Crippen LogP contribution < -0.4 is 4.74 Å². The first-order valence-electron chi connectivity index (χ1n) is 5.29. The van der Waals surface area contributed by atoms with Crippen LogP contribution in [0.3, 0.4) is 0 Å². The number of carbonyl (C=O) groups is 1. The highest BCUT2D eigenvalue weighted by molar-refractivity contribution is 9.11. The van der Waals surface area contributed by atoms with E-state index in [1.54, 1.807) is 0 Å². The second kappa shape index (κ2) is 4.83. The topological polar surface area (TPSA) is 26.3 Å². The molecule has 3 heteroatoms. The molecule has 0 amide bonds. The van der Waals surface area contributed by atoms with Crippen LogP contribution in [0.2, 0.25) is 0 Å². The molecule has 0 aromatic heterocycles. The van der Waals surface area contributed by atoms with E-state index in [1.165, 1.54) is 0 Å². The molecule has 2 rings (SSSR count). The van der Waals surface area contributed by atoms with Crippen LogP contribution in [0.4, 0.5) is 0 Å². The molecule has 0 aliphatic heterocycles. The highest BCUT2D eigenvalue weighted by atomic mass is 79.9. The van der Waals surface area contributed by atoms with Gasteiger partial charge in [0.25, 0.3) is 0 Å². The van der Waals surface area contributed by atoms with Gasteiger partial charge in [-0.1, -0.05) is 34.6 Å². The van der Waals surface area contributed by atoms with Gasteiger partial charge in [-0.3, -0.25) is 4.79 Å². The maximum atomic E-state index is 11.7. The predicted octanol–water partition coefficient (Wildman–Crippen LogP) is 3.49. The minimum Gasteiger partial charge on any atom is -0.488 e. The summed E-state index contributed by atoms with van der Waals surface area (Å²) in [4.78, 5) is 11.7. The van der Waals surface area contributed by atoms with E-state index in [-0.39, 0.29) is 5.78 Å². The van der Waals surface area contributed by atoms with Crippen molar-refractivity contribution < 1.29 is 9.53 Å². The van der Waals surface area contributed by atoms with Gasteiger partial charge in [0, 0.05) is 22.0 Å². The largest absolute Gasteiger partial charge is 0.488 e. The van der Waals surface area contributed by atoms with Crippen LogP contribution in [0.1, 0.15) is 28.8 Å². The smallest absolute Gasteiger partial charge is 0.163 e. The summed E-state index contributed by atoms with van der Waals surface area (Å²) in [5.74, 6) is 1.04. The number of ether oxygens (including phenoxy) is 1. The number of fused-ring (bicyclic) bond motifs is 1. The van der Waals surface area contributed by atoms with E-state index in [0.717, 1.165) is 34.2 Å². The number of halogens is 1. The molecule has 0 spiro atoms. The van der Waals surface area contributed by atoms with Gasteiger partial charge in [0.05, 0.1) is 0 Å². The third kappa shape index (κ3) is 2.35. The van der Waals surface area contributed by atoms with Crippen molar-refractivity contribution in [2.75, 3.05) is 6.61 Å². The first-order valence-corrected chi connectivity index (χ1v) is 6.09. The standard InChI is InChI=1S/C13H13BrO2/c1-9(14)8-16-13-7-3-4-10-11(13)5-2-6-12(10)15/h3-4,7H,1-2,5-6,8H2. The fraction of sp³-hybridized carbons (Fsp3) is 0.308. The molecule has 84 valence electrons. The fourth-order valence-electron chi connectivity index (χ4n) is 1.94. The monoisotopic (exact) mass is 280 g/mol. The lowest BCUT2D eigenvalue weighted by atomic mass is 9.90. The number of hydrogen-bond donors (Lipinski definition) is 0. The third-order valence-electron chi connectivity index (χ3n) is 2.65. The zero-order valence-corrected chi connectivity index (χ0v) is 10.5. The molecular weight excluding hydrogens is 268 g/mol. The molecule has 1 aromatic rings. The van der Waals surface area contributed by atoms with E-state index in [2.05, 4.69) is 22.5 Å². The number of hydrogen-bond acceptors (Lipinski definition) is 2. The lowest BCUT2D eigenvalue weighted by Gasteiger charge is -2.18. The van der Waals surface area contributed by atoms with Gasteiger partial charge in [-0.05, 0) is 18.9 Å². The van der Waals surface area contributed by atoms with E-state index >= 15 is 0 Å². The molecule has 0 bridgehead atoms. The van der Waals surface area contributed by atoms with Crippen LogP contribution in [0, 0.1) is 0 Å².